The lowest BCUT2D eigenvalue weighted by Crippen LogP contribution is -2.20. The van der Waals surface area contributed by atoms with Crippen LogP contribution in [0.15, 0.2) is 77.9 Å². The number of rotatable bonds is 10. The second-order valence-corrected chi connectivity index (χ2v) is 7.17. The molecule has 0 unspecified atom stereocenters. The molecule has 0 aliphatic carbocycles. The predicted octanol–water partition coefficient (Wildman–Crippen LogP) is 4.01. The molecule has 0 saturated carbocycles. The van der Waals surface area contributed by atoms with Crippen LogP contribution in [0.25, 0.3) is 0 Å². The SMILES string of the molecule is COc1ccccc1NC(=O)CCC(=O)NN=Cc1ccc(OCc2ccccc2C#N)cc1. The highest BCUT2D eigenvalue weighted by Crippen LogP contribution is 2.23. The topological polar surface area (TPSA) is 113 Å². The summed E-state index contributed by atoms with van der Waals surface area (Å²) < 4.78 is 10.9. The summed E-state index contributed by atoms with van der Waals surface area (Å²) in [7, 11) is 1.52. The number of hydrazone groups is 1. The van der Waals surface area contributed by atoms with Crippen molar-refractivity contribution in [2.45, 2.75) is 19.4 Å². The maximum Gasteiger partial charge on any atom is 0.240 e. The number of carbonyl (C=O) groups is 2. The second kappa shape index (κ2) is 12.4. The lowest BCUT2D eigenvalue weighted by atomic mass is 10.1. The van der Waals surface area contributed by atoms with Gasteiger partial charge in [0.15, 0.2) is 0 Å². The van der Waals surface area contributed by atoms with E-state index in [9.17, 15) is 9.59 Å². The van der Waals surface area contributed by atoms with Crippen LogP contribution in [0.4, 0.5) is 5.69 Å². The van der Waals surface area contributed by atoms with Gasteiger partial charge in [-0.2, -0.15) is 10.4 Å². The molecule has 0 atom stereocenters. The Kier molecular flexibility index (Phi) is 8.76. The van der Waals surface area contributed by atoms with Crippen LogP contribution >= 0.6 is 0 Å². The average molecular weight is 457 g/mol. The average Bonchev–Trinajstić information content (AvgIpc) is 2.87. The van der Waals surface area contributed by atoms with Crippen molar-refractivity contribution in [1.82, 2.24) is 5.43 Å². The van der Waals surface area contributed by atoms with Gasteiger partial charge in [-0.3, -0.25) is 9.59 Å². The molecule has 8 nitrogen and oxygen atoms in total. The van der Waals surface area contributed by atoms with Crippen molar-refractivity contribution in [1.29, 1.82) is 5.26 Å². The van der Waals surface area contributed by atoms with E-state index in [1.165, 1.54) is 13.3 Å². The van der Waals surface area contributed by atoms with Gasteiger partial charge in [0.2, 0.25) is 11.8 Å². The summed E-state index contributed by atoms with van der Waals surface area (Å²) in [6.07, 6.45) is 1.51. The van der Waals surface area contributed by atoms with Gasteiger partial charge in [0.1, 0.15) is 18.1 Å². The molecule has 0 bridgehead atoms. The molecule has 0 saturated heterocycles. The number of anilines is 1. The summed E-state index contributed by atoms with van der Waals surface area (Å²) in [6, 6.07) is 23.6. The van der Waals surface area contributed by atoms with E-state index in [-0.39, 0.29) is 31.3 Å². The quantitative estimate of drug-likeness (QED) is 0.353. The molecule has 34 heavy (non-hydrogen) atoms. The Hall–Kier alpha value is -4.64. The van der Waals surface area contributed by atoms with Gasteiger partial charge < -0.3 is 14.8 Å². The van der Waals surface area contributed by atoms with Crippen LogP contribution < -0.4 is 20.2 Å². The van der Waals surface area contributed by atoms with Gasteiger partial charge in [0.25, 0.3) is 0 Å². The highest BCUT2D eigenvalue weighted by Gasteiger charge is 2.09. The summed E-state index contributed by atoms with van der Waals surface area (Å²) in [6.45, 7) is 0.290. The molecular weight excluding hydrogens is 432 g/mol. The highest BCUT2D eigenvalue weighted by atomic mass is 16.5. The molecule has 0 radical (unpaired) electrons. The number of nitrogens with zero attached hydrogens (tertiary/aromatic N) is 2. The van der Waals surface area contributed by atoms with Crippen molar-refractivity contribution in [2.24, 2.45) is 5.10 Å². The summed E-state index contributed by atoms with van der Waals surface area (Å²) in [5.74, 6) is 0.530. The van der Waals surface area contributed by atoms with E-state index >= 15 is 0 Å². The van der Waals surface area contributed by atoms with E-state index < -0.39 is 0 Å². The van der Waals surface area contributed by atoms with Gasteiger partial charge in [-0.15, -0.1) is 0 Å². The normalized spacial score (nSPS) is 10.4. The number of ether oxygens (including phenoxy) is 2. The van der Waals surface area contributed by atoms with Gasteiger partial charge in [-0.1, -0.05) is 30.3 Å². The number of amides is 2. The Morgan fingerprint density at radius 3 is 2.44 bits per heavy atom. The molecule has 2 N–H and O–H groups in total. The standard InChI is InChI=1S/C26H24N4O4/c1-33-24-9-5-4-8-23(24)29-25(31)14-15-26(32)30-28-17-19-10-12-22(13-11-19)34-18-21-7-3-2-6-20(21)16-27/h2-13,17H,14-15,18H2,1H3,(H,29,31)(H,30,32). The maximum atomic E-state index is 12.1. The Morgan fingerprint density at radius 1 is 0.971 bits per heavy atom. The van der Waals surface area contributed by atoms with Crippen LogP contribution in [0.3, 0.4) is 0 Å². The van der Waals surface area contributed by atoms with E-state index in [0.29, 0.717) is 22.7 Å². The summed E-state index contributed by atoms with van der Waals surface area (Å²) in [5.41, 5.74) is 5.12. The molecule has 3 rings (SSSR count). The zero-order valence-electron chi connectivity index (χ0n) is 18.7. The molecule has 0 aromatic heterocycles. The van der Waals surface area contributed by atoms with Crippen LogP contribution in [0.5, 0.6) is 11.5 Å². The second-order valence-electron chi connectivity index (χ2n) is 7.17. The van der Waals surface area contributed by atoms with Crippen molar-refractivity contribution < 1.29 is 19.1 Å². The Labute approximate surface area is 197 Å². The third kappa shape index (κ3) is 7.21. The molecule has 0 aliphatic rings. The Bertz CT molecular complexity index is 1200. The number of benzene rings is 3. The van der Waals surface area contributed by atoms with Gasteiger partial charge in [0.05, 0.1) is 30.6 Å². The molecule has 0 heterocycles. The first-order valence-electron chi connectivity index (χ1n) is 10.5. The first-order valence-corrected chi connectivity index (χ1v) is 10.5. The van der Waals surface area contributed by atoms with E-state index in [0.717, 1.165) is 11.1 Å². The van der Waals surface area contributed by atoms with Crippen LogP contribution in [0.1, 0.15) is 29.5 Å². The first kappa shape index (κ1) is 24.0. The van der Waals surface area contributed by atoms with Crippen LogP contribution in [-0.4, -0.2) is 25.1 Å². The number of hydrogen-bond donors (Lipinski definition) is 2. The van der Waals surface area contributed by atoms with E-state index in [1.54, 1.807) is 54.6 Å². The molecule has 0 spiro atoms. The third-order valence-corrected chi connectivity index (χ3v) is 4.78. The maximum absolute atomic E-state index is 12.1. The Morgan fingerprint density at radius 2 is 1.68 bits per heavy atom. The van der Waals surface area contributed by atoms with Crippen LogP contribution in [0, 0.1) is 11.3 Å². The molecule has 0 aliphatic heterocycles. The zero-order valence-corrected chi connectivity index (χ0v) is 18.7. The van der Waals surface area contributed by atoms with Crippen molar-refractivity contribution >= 4 is 23.7 Å². The summed E-state index contributed by atoms with van der Waals surface area (Å²) >= 11 is 0. The van der Waals surface area contributed by atoms with Crippen LogP contribution in [-0.2, 0) is 16.2 Å². The number of methoxy groups -OCH3 is 1. The summed E-state index contributed by atoms with van der Waals surface area (Å²) in [4.78, 5) is 24.0. The number of carbonyl (C=O) groups excluding carboxylic acids is 2. The van der Waals surface area contributed by atoms with E-state index in [2.05, 4.69) is 21.9 Å². The van der Waals surface area contributed by atoms with E-state index in [1.807, 2.05) is 18.2 Å². The number of nitrogens with one attached hydrogen (secondary N) is 2. The molecule has 3 aromatic rings. The minimum Gasteiger partial charge on any atom is -0.495 e. The molecule has 8 heteroatoms. The molecule has 3 aromatic carbocycles. The largest absolute Gasteiger partial charge is 0.495 e. The van der Waals surface area contributed by atoms with Crippen molar-refractivity contribution in [3.05, 3.63) is 89.5 Å². The van der Waals surface area contributed by atoms with Crippen molar-refractivity contribution in [3.63, 3.8) is 0 Å². The molecule has 2 amide bonds. The zero-order chi connectivity index (χ0) is 24.2. The molecule has 0 fully saturated rings. The first-order chi connectivity index (χ1) is 16.6. The van der Waals surface area contributed by atoms with Gasteiger partial charge >= 0.3 is 0 Å². The Balaban J connectivity index is 1.41. The lowest BCUT2D eigenvalue weighted by molar-refractivity contribution is -0.124. The fourth-order valence-corrected chi connectivity index (χ4v) is 2.99. The van der Waals surface area contributed by atoms with Crippen molar-refractivity contribution in [3.8, 4) is 17.6 Å². The lowest BCUT2D eigenvalue weighted by Gasteiger charge is -2.09. The minimum absolute atomic E-state index is 0.00469. The van der Waals surface area contributed by atoms with E-state index in [4.69, 9.17) is 14.7 Å². The predicted molar refractivity (Wildman–Crippen MR) is 129 cm³/mol. The number of para-hydroxylation sites is 2. The smallest absolute Gasteiger partial charge is 0.240 e. The summed E-state index contributed by atoms with van der Waals surface area (Å²) in [5, 5.41) is 15.8. The van der Waals surface area contributed by atoms with Gasteiger partial charge in [-0.25, -0.2) is 5.43 Å². The third-order valence-electron chi connectivity index (χ3n) is 4.78. The monoisotopic (exact) mass is 456 g/mol. The molecule has 172 valence electrons. The van der Waals surface area contributed by atoms with Gasteiger partial charge in [-0.05, 0) is 48.0 Å². The van der Waals surface area contributed by atoms with Crippen molar-refractivity contribution in [2.75, 3.05) is 12.4 Å². The van der Waals surface area contributed by atoms with Crippen LogP contribution in [0.2, 0.25) is 0 Å². The fourth-order valence-electron chi connectivity index (χ4n) is 2.99. The highest BCUT2D eigenvalue weighted by molar-refractivity contribution is 5.94. The molecular formula is C26H24N4O4. The number of nitriles is 1. The van der Waals surface area contributed by atoms with Gasteiger partial charge in [0, 0.05) is 18.4 Å². The fraction of sp³-hybridized carbons (Fsp3) is 0.154. The minimum atomic E-state index is -0.373. The number of hydrogen-bond acceptors (Lipinski definition) is 6.